The third-order valence-corrected chi connectivity index (χ3v) is 2.47. The Hall–Kier alpha value is -2.29. The molecular formula is C13H15F3N2O4. The number of carbonyl (C=O) groups is 2. The van der Waals surface area contributed by atoms with Crippen LogP contribution in [0.15, 0.2) is 30.3 Å². The van der Waals surface area contributed by atoms with Gasteiger partial charge in [-0.25, -0.2) is 4.79 Å². The Bertz CT molecular complexity index is 494. The molecule has 0 aliphatic carbocycles. The maximum atomic E-state index is 12.0. The summed E-state index contributed by atoms with van der Waals surface area (Å²) in [6.07, 6.45) is -5.60. The van der Waals surface area contributed by atoms with Crippen molar-refractivity contribution in [3.63, 3.8) is 0 Å². The fourth-order valence-corrected chi connectivity index (χ4v) is 1.41. The molecule has 0 aliphatic heterocycles. The van der Waals surface area contributed by atoms with E-state index in [0.717, 1.165) is 0 Å². The molecule has 22 heavy (non-hydrogen) atoms. The smallest absolute Gasteiger partial charge is 0.408 e. The molecule has 2 amide bonds. The lowest BCUT2D eigenvalue weighted by molar-refractivity contribution is -0.140. The van der Waals surface area contributed by atoms with E-state index in [4.69, 9.17) is 9.84 Å². The maximum absolute atomic E-state index is 12.0. The molecule has 3 N–H and O–H groups in total. The molecule has 1 aromatic rings. The van der Waals surface area contributed by atoms with E-state index < -0.39 is 37.4 Å². The van der Waals surface area contributed by atoms with Gasteiger partial charge in [-0.15, -0.1) is 0 Å². The van der Waals surface area contributed by atoms with Gasteiger partial charge in [0.15, 0.2) is 0 Å². The molecule has 0 spiro atoms. The predicted octanol–water partition coefficient (Wildman–Crippen LogP) is 0.952. The van der Waals surface area contributed by atoms with Crippen LogP contribution in [0.3, 0.4) is 0 Å². The van der Waals surface area contributed by atoms with Crippen molar-refractivity contribution in [2.24, 2.45) is 0 Å². The Morgan fingerprint density at radius 3 is 2.41 bits per heavy atom. The van der Waals surface area contributed by atoms with Crippen molar-refractivity contribution in [2.45, 2.75) is 18.8 Å². The molecule has 122 valence electrons. The van der Waals surface area contributed by atoms with Crippen LogP contribution in [-0.2, 0) is 16.1 Å². The largest absolute Gasteiger partial charge is 0.445 e. The lowest BCUT2D eigenvalue weighted by Gasteiger charge is -2.16. The fourth-order valence-electron chi connectivity index (χ4n) is 1.41. The first kappa shape index (κ1) is 17.8. The molecule has 0 unspecified atom stereocenters. The van der Waals surface area contributed by atoms with Crippen LogP contribution in [0.5, 0.6) is 0 Å². The zero-order valence-electron chi connectivity index (χ0n) is 11.4. The van der Waals surface area contributed by atoms with Crippen LogP contribution in [0.4, 0.5) is 18.0 Å². The number of alkyl carbamates (subject to hydrolysis) is 1. The predicted molar refractivity (Wildman–Crippen MR) is 69.7 cm³/mol. The summed E-state index contributed by atoms with van der Waals surface area (Å²) in [6.45, 7) is -2.48. The van der Waals surface area contributed by atoms with E-state index in [-0.39, 0.29) is 6.61 Å². The van der Waals surface area contributed by atoms with Gasteiger partial charge in [0.25, 0.3) is 0 Å². The number of benzene rings is 1. The quantitative estimate of drug-likeness (QED) is 0.728. The SMILES string of the molecule is O=C(N[C@H](CO)C(=O)NCC(F)(F)F)OCc1ccccc1. The van der Waals surface area contributed by atoms with Crippen molar-refractivity contribution < 1.29 is 32.6 Å². The lowest BCUT2D eigenvalue weighted by Crippen LogP contribution is -2.50. The van der Waals surface area contributed by atoms with E-state index in [1.54, 1.807) is 35.6 Å². The summed E-state index contributed by atoms with van der Waals surface area (Å²) in [5.74, 6) is -1.16. The van der Waals surface area contributed by atoms with E-state index in [1.165, 1.54) is 0 Å². The number of hydrogen-bond donors (Lipinski definition) is 3. The minimum atomic E-state index is -4.58. The molecule has 0 radical (unpaired) electrons. The Labute approximate surface area is 124 Å². The second kappa shape index (κ2) is 8.23. The maximum Gasteiger partial charge on any atom is 0.408 e. The first-order valence-corrected chi connectivity index (χ1v) is 6.24. The molecule has 1 atom stereocenters. The van der Waals surface area contributed by atoms with Gasteiger partial charge in [-0.3, -0.25) is 4.79 Å². The molecule has 6 nitrogen and oxygen atoms in total. The highest BCUT2D eigenvalue weighted by Crippen LogP contribution is 2.12. The Balaban J connectivity index is 2.41. The third kappa shape index (κ3) is 6.93. The average Bonchev–Trinajstić information content (AvgIpc) is 2.48. The van der Waals surface area contributed by atoms with Crippen LogP contribution < -0.4 is 10.6 Å². The van der Waals surface area contributed by atoms with E-state index in [1.807, 2.05) is 5.32 Å². The number of alkyl halides is 3. The summed E-state index contributed by atoms with van der Waals surface area (Å²) < 4.78 is 40.7. The number of ether oxygens (including phenoxy) is 1. The van der Waals surface area contributed by atoms with Crippen molar-refractivity contribution in [3.05, 3.63) is 35.9 Å². The Kier molecular flexibility index (Phi) is 6.64. The van der Waals surface area contributed by atoms with Gasteiger partial charge in [0.05, 0.1) is 6.61 Å². The average molecular weight is 320 g/mol. The van der Waals surface area contributed by atoms with E-state index >= 15 is 0 Å². The van der Waals surface area contributed by atoms with Gasteiger partial charge in [-0.1, -0.05) is 30.3 Å². The van der Waals surface area contributed by atoms with Gasteiger partial charge in [0.2, 0.25) is 5.91 Å². The van der Waals surface area contributed by atoms with Crippen molar-refractivity contribution in [2.75, 3.05) is 13.2 Å². The van der Waals surface area contributed by atoms with E-state index in [9.17, 15) is 22.8 Å². The van der Waals surface area contributed by atoms with Crippen LogP contribution in [0.2, 0.25) is 0 Å². The zero-order valence-corrected chi connectivity index (χ0v) is 11.4. The number of amides is 2. The molecular weight excluding hydrogens is 305 g/mol. The van der Waals surface area contributed by atoms with Crippen LogP contribution in [0, 0.1) is 0 Å². The highest BCUT2D eigenvalue weighted by atomic mass is 19.4. The molecule has 0 saturated heterocycles. The zero-order chi connectivity index (χ0) is 16.6. The topological polar surface area (TPSA) is 87.7 Å². The summed E-state index contributed by atoms with van der Waals surface area (Å²) in [7, 11) is 0. The number of aliphatic hydroxyl groups is 1. The highest BCUT2D eigenvalue weighted by molar-refractivity contribution is 5.85. The molecule has 0 bridgehead atoms. The summed E-state index contributed by atoms with van der Waals surface area (Å²) in [5, 5.41) is 12.5. The minimum absolute atomic E-state index is 0.0744. The standard InChI is InChI=1S/C13H15F3N2O4/c14-13(15,16)8-17-11(20)10(6-19)18-12(21)22-7-9-4-2-1-3-5-9/h1-5,10,19H,6-8H2,(H,17,20)(H,18,21)/t10-/m1/s1. The summed E-state index contributed by atoms with van der Waals surface area (Å²) in [5.41, 5.74) is 0.694. The summed E-state index contributed by atoms with van der Waals surface area (Å²) in [6, 6.07) is 7.12. The fraction of sp³-hybridized carbons (Fsp3) is 0.385. The van der Waals surface area contributed by atoms with Gasteiger partial charge >= 0.3 is 12.3 Å². The molecule has 1 rings (SSSR count). The van der Waals surface area contributed by atoms with Gasteiger partial charge < -0.3 is 20.5 Å². The van der Waals surface area contributed by atoms with Crippen molar-refractivity contribution in [1.29, 1.82) is 0 Å². The first-order chi connectivity index (χ1) is 10.3. The highest BCUT2D eigenvalue weighted by Gasteiger charge is 2.30. The van der Waals surface area contributed by atoms with Gasteiger partial charge in [0, 0.05) is 0 Å². The van der Waals surface area contributed by atoms with Crippen LogP contribution in [0.1, 0.15) is 5.56 Å². The molecule has 1 aromatic carbocycles. The number of aliphatic hydroxyl groups excluding tert-OH is 1. The van der Waals surface area contributed by atoms with Crippen molar-refractivity contribution >= 4 is 12.0 Å². The summed E-state index contributed by atoms with van der Waals surface area (Å²) in [4.78, 5) is 22.8. The minimum Gasteiger partial charge on any atom is -0.445 e. The van der Waals surface area contributed by atoms with Crippen molar-refractivity contribution in [1.82, 2.24) is 10.6 Å². The molecule has 0 heterocycles. The number of hydrogen-bond acceptors (Lipinski definition) is 4. The monoisotopic (exact) mass is 320 g/mol. The number of halogens is 3. The number of carbonyl (C=O) groups excluding carboxylic acids is 2. The number of nitrogens with one attached hydrogen (secondary N) is 2. The molecule has 0 aliphatic rings. The first-order valence-electron chi connectivity index (χ1n) is 6.24. The second-order valence-electron chi connectivity index (χ2n) is 4.27. The van der Waals surface area contributed by atoms with Crippen molar-refractivity contribution in [3.8, 4) is 0 Å². The second-order valence-corrected chi connectivity index (χ2v) is 4.27. The van der Waals surface area contributed by atoms with Crippen LogP contribution in [0.25, 0.3) is 0 Å². The normalized spacial score (nSPS) is 12.4. The molecule has 0 aromatic heterocycles. The van der Waals surface area contributed by atoms with Gasteiger partial charge in [0.1, 0.15) is 19.2 Å². The molecule has 9 heteroatoms. The van der Waals surface area contributed by atoms with E-state index in [0.29, 0.717) is 5.56 Å². The van der Waals surface area contributed by atoms with Gasteiger partial charge in [-0.2, -0.15) is 13.2 Å². The number of rotatable bonds is 6. The third-order valence-electron chi connectivity index (χ3n) is 2.47. The summed E-state index contributed by atoms with van der Waals surface area (Å²) >= 11 is 0. The lowest BCUT2D eigenvalue weighted by atomic mass is 10.2. The van der Waals surface area contributed by atoms with Crippen LogP contribution >= 0.6 is 0 Å². The Morgan fingerprint density at radius 2 is 1.86 bits per heavy atom. The molecule has 0 fully saturated rings. The van der Waals surface area contributed by atoms with Crippen LogP contribution in [-0.4, -0.2) is 42.5 Å². The molecule has 0 saturated carbocycles. The van der Waals surface area contributed by atoms with Gasteiger partial charge in [-0.05, 0) is 5.56 Å². The van der Waals surface area contributed by atoms with E-state index in [2.05, 4.69) is 0 Å². The Morgan fingerprint density at radius 1 is 1.23 bits per heavy atom.